The molecule has 0 spiro atoms. The summed E-state index contributed by atoms with van der Waals surface area (Å²) in [5, 5.41) is 3.10. The Morgan fingerprint density at radius 1 is 1.08 bits per heavy atom. The third-order valence-corrected chi connectivity index (χ3v) is 5.85. The Hall–Kier alpha value is -2.11. The number of aromatic nitrogens is 1. The van der Waals surface area contributed by atoms with Crippen LogP contribution in [-0.4, -0.2) is 59.4 Å². The first-order valence-electron chi connectivity index (χ1n) is 9.89. The Morgan fingerprint density at radius 2 is 1.73 bits per heavy atom. The van der Waals surface area contributed by atoms with E-state index in [2.05, 4.69) is 17.2 Å². The van der Waals surface area contributed by atoms with Crippen molar-refractivity contribution in [1.29, 1.82) is 0 Å². The first-order valence-corrected chi connectivity index (χ1v) is 9.89. The first kappa shape index (κ1) is 18.7. The molecule has 3 rings (SSSR count). The molecule has 2 heterocycles. The van der Waals surface area contributed by atoms with Crippen LogP contribution >= 0.6 is 0 Å². The number of nitrogens with one attached hydrogen (secondary N) is 1. The summed E-state index contributed by atoms with van der Waals surface area (Å²) in [6.07, 6.45) is 9.58. The van der Waals surface area contributed by atoms with Crippen LogP contribution in [-0.2, 0) is 0 Å². The largest absolute Gasteiger partial charge is 0.338 e. The summed E-state index contributed by atoms with van der Waals surface area (Å²) >= 11 is 0. The summed E-state index contributed by atoms with van der Waals surface area (Å²) in [5.74, 6) is 1.49. The molecule has 0 radical (unpaired) electrons. The van der Waals surface area contributed by atoms with E-state index < -0.39 is 0 Å². The van der Waals surface area contributed by atoms with Crippen molar-refractivity contribution in [2.45, 2.75) is 39.0 Å². The van der Waals surface area contributed by atoms with Gasteiger partial charge in [0.15, 0.2) is 0 Å². The van der Waals surface area contributed by atoms with Gasteiger partial charge in [-0.1, -0.05) is 26.2 Å². The number of carbonyl (C=O) groups is 2. The van der Waals surface area contributed by atoms with Crippen LogP contribution in [0.5, 0.6) is 0 Å². The van der Waals surface area contributed by atoms with E-state index in [1.54, 1.807) is 29.4 Å². The lowest BCUT2D eigenvalue weighted by molar-refractivity contribution is 0.0663. The second-order valence-corrected chi connectivity index (χ2v) is 7.50. The van der Waals surface area contributed by atoms with Crippen LogP contribution in [0.1, 0.15) is 49.4 Å². The van der Waals surface area contributed by atoms with Crippen molar-refractivity contribution in [2.75, 3.05) is 32.7 Å². The highest BCUT2D eigenvalue weighted by atomic mass is 16.2. The first-order chi connectivity index (χ1) is 12.7. The molecule has 1 aliphatic heterocycles. The summed E-state index contributed by atoms with van der Waals surface area (Å²) < 4.78 is 0. The minimum absolute atomic E-state index is 0.00848. The summed E-state index contributed by atoms with van der Waals surface area (Å²) in [6, 6.07) is 3.56. The highest BCUT2D eigenvalue weighted by molar-refractivity contribution is 5.94. The Kier molecular flexibility index (Phi) is 6.47. The number of hydrogen-bond acceptors (Lipinski definition) is 3. The van der Waals surface area contributed by atoms with E-state index in [9.17, 15) is 9.59 Å². The molecular weight excluding hydrogens is 328 g/mol. The van der Waals surface area contributed by atoms with E-state index in [4.69, 9.17) is 0 Å². The van der Waals surface area contributed by atoms with Gasteiger partial charge < -0.3 is 15.1 Å². The fraction of sp³-hybridized carbons (Fsp3) is 0.650. The molecule has 1 saturated heterocycles. The minimum atomic E-state index is -0.00848. The van der Waals surface area contributed by atoms with Crippen molar-refractivity contribution in [3.05, 3.63) is 30.1 Å². The minimum Gasteiger partial charge on any atom is -0.338 e. The number of hydrogen-bond donors (Lipinski definition) is 1. The van der Waals surface area contributed by atoms with Crippen molar-refractivity contribution < 1.29 is 9.59 Å². The molecule has 2 aliphatic rings. The molecule has 2 fully saturated rings. The number of amides is 3. The summed E-state index contributed by atoms with van der Waals surface area (Å²) in [7, 11) is 0. The van der Waals surface area contributed by atoms with Crippen molar-refractivity contribution in [3.8, 4) is 0 Å². The lowest BCUT2D eigenvalue weighted by Gasteiger charge is -2.35. The molecule has 1 saturated carbocycles. The predicted octanol–water partition coefficient (Wildman–Crippen LogP) is 2.77. The number of carbonyl (C=O) groups excluding carboxylic acids is 2. The number of pyridine rings is 1. The fourth-order valence-electron chi connectivity index (χ4n) is 3.97. The zero-order valence-electron chi connectivity index (χ0n) is 15.7. The second kappa shape index (κ2) is 9.01. The summed E-state index contributed by atoms with van der Waals surface area (Å²) in [4.78, 5) is 32.5. The van der Waals surface area contributed by atoms with Crippen molar-refractivity contribution in [3.63, 3.8) is 0 Å². The highest BCUT2D eigenvalue weighted by Gasteiger charge is 2.26. The molecule has 26 heavy (non-hydrogen) atoms. The standard InChI is InChI=1S/C20H30N4O2/c1-2-16-5-7-17(8-6-16)14-22-20(26)24-12-10-23(11-13-24)19(25)18-4-3-9-21-15-18/h3-4,9,15-17H,2,5-8,10-14H2,1H3,(H,22,26). The van der Waals surface area contributed by atoms with Crippen molar-refractivity contribution >= 4 is 11.9 Å². The molecule has 0 aromatic carbocycles. The Labute approximate surface area is 156 Å². The lowest BCUT2D eigenvalue weighted by Crippen LogP contribution is -2.53. The molecule has 1 N–H and O–H groups in total. The molecule has 142 valence electrons. The molecule has 1 aliphatic carbocycles. The van der Waals surface area contributed by atoms with Crippen LogP contribution in [0.25, 0.3) is 0 Å². The van der Waals surface area contributed by atoms with Crippen LogP contribution in [0, 0.1) is 11.8 Å². The zero-order chi connectivity index (χ0) is 18.4. The Morgan fingerprint density at radius 3 is 2.35 bits per heavy atom. The SMILES string of the molecule is CCC1CCC(CNC(=O)N2CCN(C(=O)c3cccnc3)CC2)CC1. The number of rotatable bonds is 4. The van der Waals surface area contributed by atoms with Gasteiger partial charge in [0.05, 0.1) is 5.56 Å². The van der Waals surface area contributed by atoms with E-state index in [0.29, 0.717) is 37.7 Å². The van der Waals surface area contributed by atoms with E-state index in [1.807, 2.05) is 4.90 Å². The lowest BCUT2D eigenvalue weighted by atomic mass is 9.81. The molecule has 1 aromatic rings. The summed E-state index contributed by atoms with van der Waals surface area (Å²) in [6.45, 7) is 5.36. The van der Waals surface area contributed by atoms with Crippen LogP contribution in [0.4, 0.5) is 4.79 Å². The maximum absolute atomic E-state index is 12.4. The fourth-order valence-corrected chi connectivity index (χ4v) is 3.97. The van der Waals surface area contributed by atoms with Gasteiger partial charge in [-0.05, 0) is 36.8 Å². The maximum Gasteiger partial charge on any atom is 0.317 e. The Bertz CT molecular complexity index is 591. The van der Waals surface area contributed by atoms with E-state index in [-0.39, 0.29) is 11.9 Å². The topological polar surface area (TPSA) is 65.5 Å². The second-order valence-electron chi connectivity index (χ2n) is 7.50. The molecule has 0 unspecified atom stereocenters. The Balaban J connectivity index is 1.39. The van der Waals surface area contributed by atoms with E-state index >= 15 is 0 Å². The van der Waals surface area contributed by atoms with E-state index in [1.165, 1.54) is 32.1 Å². The van der Waals surface area contributed by atoms with Gasteiger partial charge in [0.2, 0.25) is 0 Å². The van der Waals surface area contributed by atoms with Gasteiger partial charge in [-0.25, -0.2) is 4.79 Å². The average Bonchev–Trinajstić information content (AvgIpc) is 2.72. The maximum atomic E-state index is 12.4. The summed E-state index contributed by atoms with van der Waals surface area (Å²) in [5.41, 5.74) is 0.605. The van der Waals surface area contributed by atoms with Crippen LogP contribution in [0.15, 0.2) is 24.5 Å². The molecule has 0 atom stereocenters. The van der Waals surface area contributed by atoms with Crippen LogP contribution < -0.4 is 5.32 Å². The van der Waals surface area contributed by atoms with Crippen molar-refractivity contribution in [1.82, 2.24) is 20.1 Å². The van der Waals surface area contributed by atoms with Crippen molar-refractivity contribution in [2.24, 2.45) is 11.8 Å². The van der Waals surface area contributed by atoms with Gasteiger partial charge >= 0.3 is 6.03 Å². The molecule has 0 bridgehead atoms. The van der Waals surface area contributed by atoms with Crippen LogP contribution in [0.2, 0.25) is 0 Å². The normalized spacial score (nSPS) is 23.6. The number of piperazine rings is 1. The molecule has 1 aromatic heterocycles. The third-order valence-electron chi connectivity index (χ3n) is 5.85. The zero-order valence-corrected chi connectivity index (χ0v) is 15.7. The number of nitrogens with zero attached hydrogens (tertiary/aromatic N) is 3. The molecule has 3 amide bonds. The van der Waals surface area contributed by atoms with E-state index in [0.717, 1.165) is 12.5 Å². The van der Waals surface area contributed by atoms with Gasteiger partial charge in [-0.2, -0.15) is 0 Å². The third kappa shape index (κ3) is 4.74. The van der Waals surface area contributed by atoms with Gasteiger partial charge in [0.1, 0.15) is 0 Å². The molecule has 6 nitrogen and oxygen atoms in total. The van der Waals surface area contributed by atoms with Gasteiger partial charge in [-0.3, -0.25) is 9.78 Å². The number of urea groups is 1. The van der Waals surface area contributed by atoms with Crippen LogP contribution in [0.3, 0.4) is 0 Å². The molecular formula is C20H30N4O2. The smallest absolute Gasteiger partial charge is 0.317 e. The monoisotopic (exact) mass is 358 g/mol. The van der Waals surface area contributed by atoms with Gasteiger partial charge in [-0.15, -0.1) is 0 Å². The quantitative estimate of drug-likeness (QED) is 0.900. The predicted molar refractivity (Wildman–Crippen MR) is 101 cm³/mol. The van der Waals surface area contributed by atoms with Gasteiger partial charge in [0.25, 0.3) is 5.91 Å². The highest BCUT2D eigenvalue weighted by Crippen LogP contribution is 2.30. The molecule has 6 heteroatoms. The average molecular weight is 358 g/mol. The van der Waals surface area contributed by atoms with Gasteiger partial charge in [0, 0.05) is 45.1 Å².